The normalized spacial score (nSPS) is 18.7. The van der Waals surface area contributed by atoms with Crippen molar-refractivity contribution in [2.24, 2.45) is 5.92 Å². The third-order valence-corrected chi connectivity index (χ3v) is 6.87. The van der Waals surface area contributed by atoms with Gasteiger partial charge in [0.15, 0.2) is 0 Å². The van der Waals surface area contributed by atoms with Gasteiger partial charge in [0, 0.05) is 30.9 Å². The number of carbonyl (C=O) groups excluding carboxylic acids is 2. The average Bonchev–Trinajstić information content (AvgIpc) is 3.42. The van der Waals surface area contributed by atoms with Gasteiger partial charge in [0.25, 0.3) is 0 Å². The second-order valence-corrected chi connectivity index (χ2v) is 8.79. The summed E-state index contributed by atoms with van der Waals surface area (Å²) in [5.41, 5.74) is 3.77. The largest absolute Gasteiger partial charge is 0.342 e. The first-order valence-electron chi connectivity index (χ1n) is 11.3. The summed E-state index contributed by atoms with van der Waals surface area (Å²) in [5, 5.41) is 0. The molecule has 0 aliphatic carbocycles. The molecular formula is C27H28N2O2. The van der Waals surface area contributed by atoms with E-state index in [0.717, 1.165) is 51.0 Å². The van der Waals surface area contributed by atoms with Crippen molar-refractivity contribution in [3.05, 3.63) is 95.3 Å². The first-order valence-corrected chi connectivity index (χ1v) is 11.3. The van der Waals surface area contributed by atoms with E-state index in [9.17, 15) is 9.59 Å². The van der Waals surface area contributed by atoms with Crippen LogP contribution in [0.15, 0.2) is 72.8 Å². The maximum atomic E-state index is 13.3. The van der Waals surface area contributed by atoms with Gasteiger partial charge in [0.1, 0.15) is 0 Å². The van der Waals surface area contributed by atoms with Gasteiger partial charge in [-0.05, 0) is 49.3 Å². The predicted molar refractivity (Wildman–Crippen MR) is 121 cm³/mol. The number of hydrogen-bond acceptors (Lipinski definition) is 2. The highest BCUT2D eigenvalue weighted by molar-refractivity contribution is 6.08. The van der Waals surface area contributed by atoms with E-state index in [0.29, 0.717) is 17.2 Å². The third kappa shape index (κ3) is 3.95. The van der Waals surface area contributed by atoms with Crippen molar-refractivity contribution in [2.75, 3.05) is 13.1 Å². The van der Waals surface area contributed by atoms with Crippen molar-refractivity contribution in [1.82, 2.24) is 9.47 Å². The summed E-state index contributed by atoms with van der Waals surface area (Å²) in [6.45, 7) is 2.41. The molecule has 1 aromatic heterocycles. The quantitative estimate of drug-likeness (QED) is 0.571. The molecule has 0 radical (unpaired) electrons. The topological polar surface area (TPSA) is 42.3 Å². The van der Waals surface area contributed by atoms with Crippen LogP contribution in [0, 0.1) is 5.92 Å². The maximum Gasteiger partial charge on any atom is 0.231 e. The fourth-order valence-electron chi connectivity index (χ4n) is 5.15. The number of ketones is 1. The fraction of sp³-hybridized carbons (Fsp3) is 0.333. The summed E-state index contributed by atoms with van der Waals surface area (Å²) < 4.78 is 2.06. The Morgan fingerprint density at radius 2 is 1.45 bits per heavy atom. The number of likely N-dealkylation sites (tertiary alicyclic amines) is 1. The molecule has 4 heteroatoms. The van der Waals surface area contributed by atoms with Crippen LogP contribution >= 0.6 is 0 Å². The Balaban J connectivity index is 1.24. The van der Waals surface area contributed by atoms with Crippen LogP contribution in [-0.2, 0) is 17.8 Å². The van der Waals surface area contributed by atoms with Crippen LogP contribution in [-0.4, -0.2) is 34.2 Å². The number of nitrogens with zero attached hydrogens (tertiary/aromatic N) is 2. The highest BCUT2D eigenvalue weighted by atomic mass is 16.2. The summed E-state index contributed by atoms with van der Waals surface area (Å²) in [6, 6.07) is 23.9. The van der Waals surface area contributed by atoms with Gasteiger partial charge in [-0.25, -0.2) is 0 Å². The van der Waals surface area contributed by atoms with Gasteiger partial charge in [0.05, 0.1) is 11.6 Å². The Hall–Kier alpha value is -3.14. The van der Waals surface area contributed by atoms with Gasteiger partial charge in [-0.1, -0.05) is 60.7 Å². The van der Waals surface area contributed by atoms with E-state index in [2.05, 4.69) is 34.9 Å². The molecule has 1 fully saturated rings. The summed E-state index contributed by atoms with van der Waals surface area (Å²) in [6.07, 6.45) is 4.01. The van der Waals surface area contributed by atoms with Crippen LogP contribution in [0.5, 0.6) is 0 Å². The lowest BCUT2D eigenvalue weighted by molar-refractivity contribution is -0.134. The van der Waals surface area contributed by atoms with Crippen molar-refractivity contribution in [3.63, 3.8) is 0 Å². The van der Waals surface area contributed by atoms with Gasteiger partial charge >= 0.3 is 0 Å². The van der Waals surface area contributed by atoms with E-state index < -0.39 is 0 Å². The van der Waals surface area contributed by atoms with Crippen molar-refractivity contribution >= 4 is 11.7 Å². The third-order valence-electron chi connectivity index (χ3n) is 6.87. The highest BCUT2D eigenvalue weighted by Gasteiger charge is 2.35. The minimum absolute atomic E-state index is 0.0293. The van der Waals surface area contributed by atoms with Gasteiger partial charge < -0.3 is 9.47 Å². The number of amides is 1. The molecule has 1 atom stereocenters. The van der Waals surface area contributed by atoms with E-state index in [-0.39, 0.29) is 17.6 Å². The monoisotopic (exact) mass is 412 g/mol. The maximum absolute atomic E-state index is 13.3. The van der Waals surface area contributed by atoms with E-state index in [1.165, 1.54) is 5.56 Å². The van der Waals surface area contributed by atoms with Crippen LogP contribution in [0.1, 0.15) is 52.5 Å². The molecule has 1 amide bonds. The van der Waals surface area contributed by atoms with E-state index in [1.807, 2.05) is 47.4 Å². The minimum atomic E-state index is -0.122. The molecule has 1 unspecified atom stereocenters. The molecule has 3 aromatic rings. The summed E-state index contributed by atoms with van der Waals surface area (Å²) in [4.78, 5) is 28.3. The van der Waals surface area contributed by atoms with Crippen molar-refractivity contribution in [1.29, 1.82) is 0 Å². The second-order valence-electron chi connectivity index (χ2n) is 8.79. The molecule has 2 aromatic carbocycles. The minimum Gasteiger partial charge on any atom is -0.342 e. The van der Waals surface area contributed by atoms with Gasteiger partial charge in [0.2, 0.25) is 11.7 Å². The van der Waals surface area contributed by atoms with Crippen molar-refractivity contribution < 1.29 is 9.59 Å². The number of piperidine rings is 1. The molecule has 2 aliphatic rings. The number of fused-ring (bicyclic) bond motifs is 1. The fourth-order valence-corrected chi connectivity index (χ4v) is 5.15. The molecule has 31 heavy (non-hydrogen) atoms. The molecule has 0 N–H and O–H groups in total. The number of carbonyl (C=O) groups is 2. The summed E-state index contributed by atoms with van der Waals surface area (Å²) >= 11 is 0. The number of aromatic nitrogens is 1. The van der Waals surface area contributed by atoms with E-state index >= 15 is 0 Å². The first-order chi connectivity index (χ1) is 15.2. The molecule has 0 spiro atoms. The Bertz CT molecular complexity index is 1060. The Kier molecular flexibility index (Phi) is 5.46. The number of rotatable bonds is 5. The Labute approximate surface area is 183 Å². The van der Waals surface area contributed by atoms with Crippen molar-refractivity contribution in [3.8, 4) is 0 Å². The molecule has 5 rings (SSSR count). The molecular weight excluding hydrogens is 384 g/mol. The zero-order valence-corrected chi connectivity index (χ0v) is 17.7. The summed E-state index contributed by atoms with van der Waals surface area (Å²) in [7, 11) is 0. The second kappa shape index (κ2) is 8.54. The molecule has 0 bridgehead atoms. The Morgan fingerprint density at radius 3 is 2.16 bits per heavy atom. The highest BCUT2D eigenvalue weighted by Crippen LogP contribution is 2.34. The lowest BCUT2D eigenvalue weighted by Crippen LogP contribution is -2.41. The first kappa shape index (κ1) is 19.8. The molecule has 1 saturated heterocycles. The molecule has 158 valence electrons. The van der Waals surface area contributed by atoms with Crippen molar-refractivity contribution in [2.45, 2.75) is 38.1 Å². The number of benzene rings is 2. The van der Waals surface area contributed by atoms with Gasteiger partial charge in [-0.3, -0.25) is 9.59 Å². The van der Waals surface area contributed by atoms with E-state index in [1.54, 1.807) is 0 Å². The lowest BCUT2D eigenvalue weighted by Gasteiger charge is -2.33. The zero-order chi connectivity index (χ0) is 21.2. The molecule has 0 saturated carbocycles. The Morgan fingerprint density at radius 1 is 0.774 bits per heavy atom. The SMILES string of the molecule is O=C(c1ccccc1)c1ccc2n1CCC2C(=O)N1CCC(Cc2ccccc2)CC1. The van der Waals surface area contributed by atoms with Gasteiger partial charge in [-0.15, -0.1) is 0 Å². The average molecular weight is 413 g/mol. The molecule has 3 heterocycles. The molecule has 2 aliphatic heterocycles. The van der Waals surface area contributed by atoms with Crippen LogP contribution in [0.25, 0.3) is 0 Å². The smallest absolute Gasteiger partial charge is 0.231 e. The van der Waals surface area contributed by atoms with Crippen LogP contribution in [0.3, 0.4) is 0 Å². The lowest BCUT2D eigenvalue weighted by atomic mass is 9.89. The van der Waals surface area contributed by atoms with Crippen LogP contribution < -0.4 is 0 Å². The van der Waals surface area contributed by atoms with Crippen LogP contribution in [0.2, 0.25) is 0 Å². The number of hydrogen-bond donors (Lipinski definition) is 0. The zero-order valence-electron chi connectivity index (χ0n) is 17.7. The van der Waals surface area contributed by atoms with E-state index in [4.69, 9.17) is 0 Å². The summed E-state index contributed by atoms with van der Waals surface area (Å²) in [5.74, 6) is 0.785. The standard InChI is InChI=1S/C27H28N2O2/c30-26(22-9-5-2-6-10-22)25-12-11-24-23(15-18-29(24)25)27(31)28-16-13-21(14-17-28)19-20-7-3-1-4-8-20/h1-12,21,23H,13-19H2. The van der Waals surface area contributed by atoms with Crippen LogP contribution in [0.4, 0.5) is 0 Å². The van der Waals surface area contributed by atoms with Gasteiger partial charge in [-0.2, -0.15) is 0 Å². The molecule has 4 nitrogen and oxygen atoms in total. The predicted octanol–water partition coefficient (Wildman–Crippen LogP) is 4.69.